The number of hydrogen-bond acceptors (Lipinski definition) is 2. The average molecular weight is 283 g/mol. The first-order chi connectivity index (χ1) is 9.70. The summed E-state index contributed by atoms with van der Waals surface area (Å²) in [5.74, 6) is -0.0751. The van der Waals surface area contributed by atoms with E-state index in [9.17, 15) is 4.79 Å². The van der Waals surface area contributed by atoms with Gasteiger partial charge >= 0.3 is 0 Å². The van der Waals surface area contributed by atoms with Crippen LogP contribution in [0.15, 0.2) is 54.4 Å². The zero-order valence-corrected chi connectivity index (χ0v) is 12.2. The van der Waals surface area contributed by atoms with E-state index in [2.05, 4.69) is 18.0 Å². The summed E-state index contributed by atoms with van der Waals surface area (Å²) >= 11 is 1.56. The van der Waals surface area contributed by atoms with Crippen LogP contribution in [-0.4, -0.2) is 12.5 Å². The van der Waals surface area contributed by atoms with E-state index in [0.717, 1.165) is 10.4 Å². The molecule has 0 aliphatic heterocycles. The fourth-order valence-corrected chi connectivity index (χ4v) is 2.61. The SMILES string of the molecule is C=CCNC(=O)/C(=C\c1cccc(C)c1)c1cccs1. The quantitative estimate of drug-likeness (QED) is 0.654. The van der Waals surface area contributed by atoms with Crippen molar-refractivity contribution in [1.82, 2.24) is 5.32 Å². The predicted molar refractivity (Wildman–Crippen MR) is 86.6 cm³/mol. The summed E-state index contributed by atoms with van der Waals surface area (Å²) in [5.41, 5.74) is 2.89. The summed E-state index contributed by atoms with van der Waals surface area (Å²) in [5, 5.41) is 4.81. The molecule has 2 nitrogen and oxygen atoms in total. The van der Waals surface area contributed by atoms with Crippen LogP contribution in [0.5, 0.6) is 0 Å². The minimum Gasteiger partial charge on any atom is -0.349 e. The van der Waals surface area contributed by atoms with Gasteiger partial charge in [-0.1, -0.05) is 42.0 Å². The van der Waals surface area contributed by atoms with E-state index in [1.807, 2.05) is 48.7 Å². The molecule has 0 saturated heterocycles. The standard InChI is InChI=1S/C17H17NOS/c1-3-9-18-17(19)15(16-8-5-10-20-16)12-14-7-4-6-13(2)11-14/h3-8,10-12H,1,9H2,2H3,(H,18,19)/b15-12-. The van der Waals surface area contributed by atoms with Gasteiger partial charge in [0.1, 0.15) is 0 Å². The first-order valence-electron chi connectivity index (χ1n) is 6.42. The molecule has 0 radical (unpaired) electrons. The summed E-state index contributed by atoms with van der Waals surface area (Å²) in [6.07, 6.45) is 3.61. The second-order valence-corrected chi connectivity index (χ2v) is 5.40. The van der Waals surface area contributed by atoms with Gasteiger partial charge in [-0.3, -0.25) is 4.79 Å². The van der Waals surface area contributed by atoms with Crippen molar-refractivity contribution in [3.8, 4) is 0 Å². The molecule has 0 saturated carbocycles. The summed E-state index contributed by atoms with van der Waals surface area (Å²) in [6, 6.07) is 12.0. The van der Waals surface area contributed by atoms with Crippen LogP contribution in [0.4, 0.5) is 0 Å². The Balaban J connectivity index is 2.36. The Labute approximate surface area is 123 Å². The highest BCUT2D eigenvalue weighted by Gasteiger charge is 2.12. The van der Waals surface area contributed by atoms with Gasteiger partial charge in [-0.25, -0.2) is 0 Å². The zero-order valence-electron chi connectivity index (χ0n) is 11.4. The minimum absolute atomic E-state index is 0.0751. The normalized spacial score (nSPS) is 11.2. The molecule has 0 atom stereocenters. The van der Waals surface area contributed by atoms with E-state index in [-0.39, 0.29) is 5.91 Å². The summed E-state index contributed by atoms with van der Waals surface area (Å²) in [7, 11) is 0. The lowest BCUT2D eigenvalue weighted by Gasteiger charge is -2.06. The highest BCUT2D eigenvalue weighted by molar-refractivity contribution is 7.11. The summed E-state index contributed by atoms with van der Waals surface area (Å²) in [4.78, 5) is 13.2. The number of amides is 1. The van der Waals surface area contributed by atoms with Gasteiger partial charge in [0, 0.05) is 11.4 Å². The maximum absolute atomic E-state index is 12.3. The minimum atomic E-state index is -0.0751. The monoisotopic (exact) mass is 283 g/mol. The molecule has 0 bridgehead atoms. The molecule has 1 N–H and O–H groups in total. The second kappa shape index (κ2) is 6.87. The lowest BCUT2D eigenvalue weighted by atomic mass is 10.1. The van der Waals surface area contributed by atoms with E-state index < -0.39 is 0 Å². The van der Waals surface area contributed by atoms with Crippen LogP contribution in [0, 0.1) is 6.92 Å². The van der Waals surface area contributed by atoms with Crippen molar-refractivity contribution in [2.45, 2.75) is 6.92 Å². The van der Waals surface area contributed by atoms with Crippen molar-refractivity contribution in [2.75, 3.05) is 6.54 Å². The van der Waals surface area contributed by atoms with Crippen LogP contribution in [0.3, 0.4) is 0 Å². The molecule has 0 aliphatic rings. The Morgan fingerprint density at radius 3 is 2.85 bits per heavy atom. The molecule has 2 rings (SSSR count). The molecule has 2 aromatic rings. The van der Waals surface area contributed by atoms with E-state index in [0.29, 0.717) is 12.1 Å². The molecule has 1 heterocycles. The molecule has 1 amide bonds. The van der Waals surface area contributed by atoms with Crippen molar-refractivity contribution in [3.05, 3.63) is 70.4 Å². The molecule has 102 valence electrons. The van der Waals surface area contributed by atoms with Gasteiger partial charge in [-0.05, 0) is 30.0 Å². The Morgan fingerprint density at radius 2 is 2.20 bits per heavy atom. The second-order valence-electron chi connectivity index (χ2n) is 4.45. The lowest BCUT2D eigenvalue weighted by molar-refractivity contribution is -0.115. The molecular formula is C17H17NOS. The van der Waals surface area contributed by atoms with Crippen LogP contribution >= 0.6 is 11.3 Å². The molecule has 1 aromatic heterocycles. The van der Waals surface area contributed by atoms with Gasteiger partial charge in [0.25, 0.3) is 5.91 Å². The van der Waals surface area contributed by atoms with Crippen LogP contribution in [0.25, 0.3) is 11.6 Å². The third-order valence-corrected chi connectivity index (χ3v) is 3.69. The van der Waals surface area contributed by atoms with E-state index >= 15 is 0 Å². The largest absolute Gasteiger partial charge is 0.349 e. The molecule has 0 aliphatic carbocycles. The topological polar surface area (TPSA) is 29.1 Å². The van der Waals surface area contributed by atoms with E-state index in [1.54, 1.807) is 17.4 Å². The zero-order chi connectivity index (χ0) is 14.4. The third kappa shape index (κ3) is 3.68. The Kier molecular flexibility index (Phi) is 4.91. The number of carbonyl (C=O) groups is 1. The molecule has 0 fully saturated rings. The van der Waals surface area contributed by atoms with E-state index in [4.69, 9.17) is 0 Å². The maximum atomic E-state index is 12.3. The predicted octanol–water partition coefficient (Wildman–Crippen LogP) is 3.90. The number of thiophene rings is 1. The molecule has 0 unspecified atom stereocenters. The molecule has 3 heteroatoms. The number of aryl methyl sites for hydroxylation is 1. The fraction of sp³-hybridized carbons (Fsp3) is 0.118. The third-order valence-electron chi connectivity index (χ3n) is 2.79. The molecule has 0 spiro atoms. The van der Waals surface area contributed by atoms with Crippen molar-refractivity contribution >= 4 is 28.9 Å². The van der Waals surface area contributed by atoms with Crippen LogP contribution in [-0.2, 0) is 4.79 Å². The van der Waals surface area contributed by atoms with Crippen molar-refractivity contribution < 1.29 is 4.79 Å². The van der Waals surface area contributed by atoms with Crippen LogP contribution in [0.2, 0.25) is 0 Å². The van der Waals surface area contributed by atoms with Gasteiger partial charge in [-0.2, -0.15) is 0 Å². The number of nitrogens with one attached hydrogen (secondary N) is 1. The first kappa shape index (κ1) is 14.3. The Bertz CT molecular complexity index is 626. The number of hydrogen-bond donors (Lipinski definition) is 1. The molecule has 20 heavy (non-hydrogen) atoms. The maximum Gasteiger partial charge on any atom is 0.252 e. The number of benzene rings is 1. The molecule has 1 aromatic carbocycles. The van der Waals surface area contributed by atoms with Gasteiger partial charge < -0.3 is 5.32 Å². The Hall–Kier alpha value is -2.13. The highest BCUT2D eigenvalue weighted by atomic mass is 32.1. The van der Waals surface area contributed by atoms with Crippen LogP contribution < -0.4 is 5.32 Å². The van der Waals surface area contributed by atoms with Crippen molar-refractivity contribution in [3.63, 3.8) is 0 Å². The lowest BCUT2D eigenvalue weighted by Crippen LogP contribution is -2.23. The summed E-state index contributed by atoms with van der Waals surface area (Å²) < 4.78 is 0. The van der Waals surface area contributed by atoms with Crippen molar-refractivity contribution in [1.29, 1.82) is 0 Å². The average Bonchev–Trinajstić information content (AvgIpc) is 2.96. The smallest absolute Gasteiger partial charge is 0.252 e. The van der Waals surface area contributed by atoms with Crippen molar-refractivity contribution in [2.24, 2.45) is 0 Å². The van der Waals surface area contributed by atoms with Gasteiger partial charge in [-0.15, -0.1) is 17.9 Å². The highest BCUT2D eigenvalue weighted by Crippen LogP contribution is 2.23. The Morgan fingerprint density at radius 1 is 1.35 bits per heavy atom. The number of rotatable bonds is 5. The van der Waals surface area contributed by atoms with E-state index in [1.165, 1.54) is 5.56 Å². The summed E-state index contributed by atoms with van der Waals surface area (Å²) in [6.45, 7) is 6.13. The first-order valence-corrected chi connectivity index (χ1v) is 7.30. The fourth-order valence-electron chi connectivity index (χ4n) is 1.87. The van der Waals surface area contributed by atoms with Gasteiger partial charge in [0.05, 0.1) is 5.57 Å². The van der Waals surface area contributed by atoms with Crippen LogP contribution in [0.1, 0.15) is 16.0 Å². The number of carbonyl (C=O) groups excluding carboxylic acids is 1. The van der Waals surface area contributed by atoms with Gasteiger partial charge in [0.15, 0.2) is 0 Å². The molecular weight excluding hydrogens is 266 g/mol. The van der Waals surface area contributed by atoms with Gasteiger partial charge in [0.2, 0.25) is 0 Å².